The Labute approximate surface area is 170 Å². The Kier molecular flexibility index (Phi) is 6.99. The molecule has 0 aromatic carbocycles. The van der Waals surface area contributed by atoms with E-state index in [1.165, 1.54) is 19.5 Å². The van der Waals surface area contributed by atoms with Crippen LogP contribution in [0.4, 0.5) is 24.8 Å². The van der Waals surface area contributed by atoms with Crippen molar-refractivity contribution >= 4 is 34.9 Å². The molecule has 0 saturated carbocycles. The number of alkyl halides is 3. The number of nitrogens with one attached hydrogen (secondary N) is 1. The summed E-state index contributed by atoms with van der Waals surface area (Å²) in [6.45, 7) is 1.78. The summed E-state index contributed by atoms with van der Waals surface area (Å²) in [7, 11) is 1.29. The molecular formula is C15H16F3N7O4S. The summed E-state index contributed by atoms with van der Waals surface area (Å²) in [4.78, 5) is 25.5. The number of methoxy groups -OCH3 is 1. The van der Waals surface area contributed by atoms with Crippen LogP contribution in [0.15, 0.2) is 18.6 Å². The molecule has 5 N–H and O–H groups in total. The van der Waals surface area contributed by atoms with Crippen molar-refractivity contribution in [3.8, 4) is 5.00 Å². The number of nitrogens with zero attached hydrogens (tertiary/aromatic N) is 4. The number of H-pyrrole nitrogens is 1. The molecule has 0 spiro atoms. The minimum atomic E-state index is -4.52. The average molecular weight is 447 g/mol. The molecule has 0 aliphatic rings. The van der Waals surface area contributed by atoms with E-state index in [1.807, 2.05) is 0 Å². The van der Waals surface area contributed by atoms with Gasteiger partial charge in [0.25, 0.3) is 0 Å². The number of anilines is 2. The zero-order valence-electron chi connectivity index (χ0n) is 15.6. The fourth-order valence-corrected chi connectivity index (χ4v) is 2.65. The predicted octanol–water partition coefficient (Wildman–Crippen LogP) is 1.89. The van der Waals surface area contributed by atoms with Crippen LogP contribution in [0, 0.1) is 0 Å². The molecule has 30 heavy (non-hydrogen) atoms. The number of ether oxygens (including phenoxy) is 2. The lowest BCUT2D eigenvalue weighted by molar-refractivity contribution is -0.137. The second-order valence-electron chi connectivity index (χ2n) is 5.28. The Morgan fingerprint density at radius 3 is 2.43 bits per heavy atom. The van der Waals surface area contributed by atoms with E-state index in [9.17, 15) is 22.8 Å². The Hall–Kier alpha value is -3.62. The minimum Gasteiger partial charge on any atom is -0.465 e. The molecule has 0 radical (unpaired) electrons. The maximum Gasteiger partial charge on any atom is 0.443 e. The normalized spacial score (nSPS) is 10.8. The molecule has 3 rings (SSSR count). The van der Waals surface area contributed by atoms with E-state index in [1.54, 1.807) is 6.92 Å². The van der Waals surface area contributed by atoms with Gasteiger partial charge in [0.1, 0.15) is 21.9 Å². The van der Waals surface area contributed by atoms with Crippen LogP contribution in [-0.2, 0) is 15.7 Å². The fourth-order valence-electron chi connectivity index (χ4n) is 1.94. The Bertz CT molecular complexity index is 1030. The maximum absolute atomic E-state index is 12.4. The van der Waals surface area contributed by atoms with Crippen LogP contribution in [-0.4, -0.2) is 50.6 Å². The second kappa shape index (κ2) is 9.25. The van der Waals surface area contributed by atoms with Crippen LogP contribution in [0.5, 0.6) is 0 Å². The van der Waals surface area contributed by atoms with E-state index in [2.05, 4.69) is 25.0 Å². The van der Waals surface area contributed by atoms with Crippen molar-refractivity contribution in [2.24, 2.45) is 0 Å². The van der Waals surface area contributed by atoms with Crippen molar-refractivity contribution in [2.75, 3.05) is 25.2 Å². The molecule has 3 aromatic heterocycles. The minimum absolute atomic E-state index is 0.00573. The average Bonchev–Trinajstić information content (AvgIpc) is 3.40. The molecule has 15 heteroatoms. The van der Waals surface area contributed by atoms with Gasteiger partial charge in [-0.25, -0.2) is 19.3 Å². The molecule has 0 bridgehead atoms. The molecule has 0 fully saturated rings. The first-order chi connectivity index (χ1) is 14.1. The second-order valence-corrected chi connectivity index (χ2v) is 6.29. The smallest absolute Gasteiger partial charge is 0.443 e. The summed E-state index contributed by atoms with van der Waals surface area (Å²) in [5, 5.41) is 8.82. The van der Waals surface area contributed by atoms with E-state index in [4.69, 9.17) is 16.2 Å². The van der Waals surface area contributed by atoms with Gasteiger partial charge in [-0.1, -0.05) is 11.3 Å². The summed E-state index contributed by atoms with van der Waals surface area (Å²) in [5.41, 5.74) is 11.1. The summed E-state index contributed by atoms with van der Waals surface area (Å²) in [5.74, 6) is -1.06. The lowest BCUT2D eigenvalue weighted by Gasteiger charge is -1.99. The number of halogens is 3. The number of nitrogens with two attached hydrogens (primary N) is 2. The third-order valence-corrected chi connectivity index (χ3v) is 4.31. The van der Waals surface area contributed by atoms with Gasteiger partial charge < -0.3 is 20.9 Å². The van der Waals surface area contributed by atoms with Gasteiger partial charge in [-0.15, -0.1) is 5.10 Å². The van der Waals surface area contributed by atoms with Crippen LogP contribution in [0.3, 0.4) is 0 Å². The van der Waals surface area contributed by atoms with E-state index in [0.717, 1.165) is 10.9 Å². The monoisotopic (exact) mass is 447 g/mol. The van der Waals surface area contributed by atoms with Crippen LogP contribution in [0.1, 0.15) is 32.6 Å². The van der Waals surface area contributed by atoms with Gasteiger partial charge in [-0.2, -0.15) is 18.3 Å². The van der Waals surface area contributed by atoms with Gasteiger partial charge in [0, 0.05) is 6.20 Å². The number of carbonyl (C=O) groups is 2. The quantitative estimate of drug-likeness (QED) is 0.507. The zero-order chi connectivity index (χ0) is 22.5. The number of rotatable bonds is 4. The molecular weight excluding hydrogens is 431 g/mol. The van der Waals surface area contributed by atoms with E-state index < -0.39 is 23.1 Å². The fraction of sp³-hybridized carbons (Fsp3) is 0.267. The van der Waals surface area contributed by atoms with Crippen molar-refractivity contribution in [3.63, 3.8) is 0 Å². The van der Waals surface area contributed by atoms with E-state index in [-0.39, 0.29) is 34.4 Å². The Morgan fingerprint density at radius 2 is 1.93 bits per heavy atom. The standard InChI is InChI=1S/C10H9F3N4O2S.C5H7N3O2/c1-2-19-8(18)5-4-17(16-7(5)14)6-3-15-9(20-6)10(11,12)13;1-10-5(9)3-2-7-8-4(3)6/h3-4H,2H2,1H3,(H2,14,16);2H,1H3,(H3,6,7,8). The molecule has 11 nitrogen and oxygen atoms in total. The number of esters is 2. The molecule has 0 amide bonds. The molecule has 0 aliphatic carbocycles. The van der Waals surface area contributed by atoms with Crippen molar-refractivity contribution in [1.29, 1.82) is 0 Å². The Morgan fingerprint density at radius 1 is 1.23 bits per heavy atom. The first kappa shape index (κ1) is 22.7. The summed E-state index contributed by atoms with van der Waals surface area (Å²) < 4.78 is 47.6. The van der Waals surface area contributed by atoms with Crippen molar-refractivity contribution in [3.05, 3.63) is 34.7 Å². The highest BCUT2D eigenvalue weighted by Crippen LogP contribution is 2.33. The largest absolute Gasteiger partial charge is 0.465 e. The Balaban J connectivity index is 0.000000269. The summed E-state index contributed by atoms with van der Waals surface area (Å²) in [6.07, 6.45) is -0.984. The van der Waals surface area contributed by atoms with Crippen LogP contribution < -0.4 is 11.5 Å². The predicted molar refractivity (Wildman–Crippen MR) is 98.9 cm³/mol. The van der Waals surface area contributed by atoms with Gasteiger partial charge in [-0.3, -0.25) is 5.10 Å². The maximum atomic E-state index is 12.4. The third kappa shape index (κ3) is 5.25. The lowest BCUT2D eigenvalue weighted by atomic mass is 10.3. The summed E-state index contributed by atoms with van der Waals surface area (Å²) in [6, 6.07) is 0. The van der Waals surface area contributed by atoms with Crippen molar-refractivity contribution in [2.45, 2.75) is 13.1 Å². The van der Waals surface area contributed by atoms with Gasteiger partial charge in [0.15, 0.2) is 10.8 Å². The van der Waals surface area contributed by atoms with Crippen LogP contribution in [0.2, 0.25) is 0 Å². The highest BCUT2D eigenvalue weighted by molar-refractivity contribution is 7.14. The number of thiazole rings is 1. The molecule has 3 aromatic rings. The summed E-state index contributed by atoms with van der Waals surface area (Å²) >= 11 is 0.397. The molecule has 3 heterocycles. The number of hydrogen-bond donors (Lipinski definition) is 3. The number of aromatic nitrogens is 5. The SMILES string of the molecule is CCOC(=O)c1cn(-c2cnc(C(F)(F)F)s2)nc1N.COC(=O)c1cn[nH]c1N. The topological polar surface area (TPSA) is 164 Å². The highest BCUT2D eigenvalue weighted by atomic mass is 32.1. The van der Waals surface area contributed by atoms with Crippen molar-refractivity contribution in [1.82, 2.24) is 25.0 Å². The van der Waals surface area contributed by atoms with E-state index in [0.29, 0.717) is 11.3 Å². The third-order valence-electron chi connectivity index (χ3n) is 3.27. The van der Waals surface area contributed by atoms with Crippen molar-refractivity contribution < 1.29 is 32.2 Å². The molecule has 162 valence electrons. The highest BCUT2D eigenvalue weighted by Gasteiger charge is 2.35. The molecule has 0 atom stereocenters. The van der Waals surface area contributed by atoms with Crippen LogP contribution >= 0.6 is 11.3 Å². The number of nitrogen functional groups attached to an aromatic ring is 2. The van der Waals surface area contributed by atoms with Gasteiger partial charge >= 0.3 is 18.1 Å². The zero-order valence-corrected chi connectivity index (χ0v) is 16.4. The number of aromatic amines is 1. The first-order valence-electron chi connectivity index (χ1n) is 8.01. The number of hydrogen-bond acceptors (Lipinski definition) is 10. The van der Waals surface area contributed by atoms with E-state index >= 15 is 0 Å². The molecule has 0 unspecified atom stereocenters. The molecule has 0 saturated heterocycles. The molecule has 0 aliphatic heterocycles. The first-order valence-corrected chi connectivity index (χ1v) is 8.82. The number of carbonyl (C=O) groups excluding carboxylic acids is 2. The van der Waals surface area contributed by atoms with Crippen LogP contribution in [0.25, 0.3) is 5.00 Å². The van der Waals surface area contributed by atoms with Gasteiger partial charge in [-0.05, 0) is 6.92 Å². The van der Waals surface area contributed by atoms with Gasteiger partial charge in [0.2, 0.25) is 0 Å². The van der Waals surface area contributed by atoms with Gasteiger partial charge in [0.05, 0.1) is 26.1 Å². The lowest BCUT2D eigenvalue weighted by Crippen LogP contribution is -2.05.